The minimum Gasteiger partial charge on any atom is -0.352 e. The van der Waals surface area contributed by atoms with Gasteiger partial charge in [0.2, 0.25) is 5.91 Å². The summed E-state index contributed by atoms with van der Waals surface area (Å²) in [7, 11) is 0. The first-order valence-corrected chi connectivity index (χ1v) is 8.09. The summed E-state index contributed by atoms with van der Waals surface area (Å²) >= 11 is 3.47. The molecule has 0 aliphatic carbocycles. The van der Waals surface area contributed by atoms with Crippen molar-refractivity contribution < 1.29 is 4.79 Å². The largest absolute Gasteiger partial charge is 0.352 e. The number of carbonyl (C=O) groups is 1. The SMILES string of the molecule is Cc1nn(CC(=O)NC(C)CCCC(C)C)c(C)c1Br. The van der Waals surface area contributed by atoms with Crippen LogP contribution < -0.4 is 5.32 Å². The van der Waals surface area contributed by atoms with Crippen molar-refractivity contribution in [3.8, 4) is 0 Å². The van der Waals surface area contributed by atoms with E-state index in [1.165, 1.54) is 6.42 Å². The van der Waals surface area contributed by atoms with Gasteiger partial charge in [-0.3, -0.25) is 9.48 Å². The molecule has 1 atom stereocenters. The van der Waals surface area contributed by atoms with Crippen LogP contribution in [0.5, 0.6) is 0 Å². The number of hydrogen-bond acceptors (Lipinski definition) is 2. The van der Waals surface area contributed by atoms with E-state index >= 15 is 0 Å². The van der Waals surface area contributed by atoms with Gasteiger partial charge in [0.25, 0.3) is 0 Å². The maximum absolute atomic E-state index is 12.0. The number of aromatic nitrogens is 2. The fourth-order valence-corrected chi connectivity index (χ4v) is 2.47. The number of halogens is 1. The Balaban J connectivity index is 2.41. The van der Waals surface area contributed by atoms with Gasteiger partial charge in [0.05, 0.1) is 15.9 Å². The van der Waals surface area contributed by atoms with Gasteiger partial charge in [-0.15, -0.1) is 0 Å². The van der Waals surface area contributed by atoms with Gasteiger partial charge in [-0.1, -0.05) is 26.7 Å². The summed E-state index contributed by atoms with van der Waals surface area (Å²) in [4.78, 5) is 12.0. The van der Waals surface area contributed by atoms with Crippen molar-refractivity contribution in [1.82, 2.24) is 15.1 Å². The summed E-state index contributed by atoms with van der Waals surface area (Å²) < 4.78 is 2.73. The van der Waals surface area contributed by atoms with Gasteiger partial charge in [0, 0.05) is 6.04 Å². The number of nitrogens with one attached hydrogen (secondary N) is 1. The normalized spacial score (nSPS) is 12.8. The summed E-state index contributed by atoms with van der Waals surface area (Å²) in [6, 6.07) is 0.224. The maximum Gasteiger partial charge on any atom is 0.241 e. The Morgan fingerprint density at radius 1 is 1.30 bits per heavy atom. The second-order valence-electron chi connectivity index (χ2n) is 5.94. The van der Waals surface area contributed by atoms with Crippen LogP contribution in [0.4, 0.5) is 0 Å². The monoisotopic (exact) mass is 343 g/mol. The molecule has 0 spiro atoms. The van der Waals surface area contributed by atoms with Crippen LogP contribution in [0.15, 0.2) is 4.47 Å². The first-order chi connectivity index (χ1) is 9.31. The van der Waals surface area contributed by atoms with E-state index < -0.39 is 0 Å². The molecular weight excluding hydrogens is 318 g/mol. The molecule has 0 saturated heterocycles. The van der Waals surface area contributed by atoms with E-state index in [-0.39, 0.29) is 18.5 Å². The molecule has 1 aromatic rings. The minimum absolute atomic E-state index is 0.0279. The molecule has 20 heavy (non-hydrogen) atoms. The van der Waals surface area contributed by atoms with Crippen molar-refractivity contribution in [3.05, 3.63) is 15.9 Å². The molecule has 1 heterocycles. The van der Waals surface area contributed by atoms with Gasteiger partial charge >= 0.3 is 0 Å². The number of aryl methyl sites for hydroxylation is 1. The Kier molecular flexibility index (Phi) is 6.72. The smallest absolute Gasteiger partial charge is 0.241 e. The van der Waals surface area contributed by atoms with Crippen molar-refractivity contribution in [2.24, 2.45) is 5.92 Å². The predicted octanol–water partition coefficient (Wildman–Crippen LogP) is 3.59. The third kappa shape index (κ3) is 5.27. The van der Waals surface area contributed by atoms with Crippen molar-refractivity contribution in [2.45, 2.75) is 66.5 Å². The number of hydrogen-bond donors (Lipinski definition) is 1. The lowest BCUT2D eigenvalue weighted by Crippen LogP contribution is -2.35. The molecule has 1 amide bonds. The zero-order valence-corrected chi connectivity index (χ0v) is 14.7. The van der Waals surface area contributed by atoms with Crippen LogP contribution in [0.2, 0.25) is 0 Å². The van der Waals surface area contributed by atoms with Crippen LogP contribution in [0.3, 0.4) is 0 Å². The van der Waals surface area contributed by atoms with Crippen LogP contribution in [0.25, 0.3) is 0 Å². The Morgan fingerprint density at radius 2 is 1.95 bits per heavy atom. The molecule has 1 unspecified atom stereocenters. The quantitative estimate of drug-likeness (QED) is 0.822. The minimum atomic E-state index is 0.0279. The zero-order valence-electron chi connectivity index (χ0n) is 13.2. The molecule has 0 bridgehead atoms. The number of rotatable bonds is 7. The Morgan fingerprint density at radius 3 is 2.45 bits per heavy atom. The zero-order chi connectivity index (χ0) is 15.3. The standard InChI is InChI=1S/C15H26BrN3O/c1-10(2)7-6-8-11(3)17-14(20)9-19-13(5)15(16)12(4)18-19/h10-11H,6-9H2,1-5H3,(H,17,20). The molecule has 1 N–H and O–H groups in total. The Labute approximate surface area is 130 Å². The van der Waals surface area contributed by atoms with E-state index in [4.69, 9.17) is 0 Å². The fraction of sp³-hybridized carbons (Fsp3) is 0.733. The van der Waals surface area contributed by atoms with E-state index in [1.54, 1.807) is 4.68 Å². The molecule has 1 aromatic heterocycles. The third-order valence-corrected chi connectivity index (χ3v) is 4.56. The topological polar surface area (TPSA) is 46.9 Å². The average molecular weight is 344 g/mol. The van der Waals surface area contributed by atoms with Gasteiger partial charge in [-0.05, 0) is 49.0 Å². The Bertz CT molecular complexity index is 454. The highest BCUT2D eigenvalue weighted by molar-refractivity contribution is 9.10. The molecule has 0 fully saturated rings. The lowest BCUT2D eigenvalue weighted by atomic mass is 10.0. The molecule has 0 aromatic carbocycles. The van der Waals surface area contributed by atoms with Crippen molar-refractivity contribution in [2.75, 3.05) is 0 Å². The number of amides is 1. The average Bonchev–Trinajstić information content (AvgIpc) is 2.56. The van der Waals surface area contributed by atoms with Crippen LogP contribution >= 0.6 is 15.9 Å². The molecule has 4 nitrogen and oxygen atoms in total. The molecule has 0 saturated carbocycles. The van der Waals surface area contributed by atoms with Crippen molar-refractivity contribution >= 4 is 21.8 Å². The second-order valence-corrected chi connectivity index (χ2v) is 6.73. The van der Waals surface area contributed by atoms with Gasteiger partial charge < -0.3 is 5.32 Å². The molecule has 5 heteroatoms. The van der Waals surface area contributed by atoms with Crippen LogP contribution in [0, 0.1) is 19.8 Å². The summed E-state index contributed by atoms with van der Waals surface area (Å²) in [6.45, 7) is 10.7. The lowest BCUT2D eigenvalue weighted by molar-refractivity contribution is -0.122. The second kappa shape index (κ2) is 7.81. The third-order valence-electron chi connectivity index (χ3n) is 3.41. The summed E-state index contributed by atoms with van der Waals surface area (Å²) in [5.74, 6) is 0.755. The number of nitrogens with zero attached hydrogens (tertiary/aromatic N) is 2. The molecule has 0 radical (unpaired) electrons. The van der Waals surface area contributed by atoms with E-state index in [0.717, 1.165) is 34.6 Å². The predicted molar refractivity (Wildman–Crippen MR) is 85.7 cm³/mol. The molecule has 0 aliphatic heterocycles. The first-order valence-electron chi connectivity index (χ1n) is 7.30. The van der Waals surface area contributed by atoms with Gasteiger partial charge in [-0.2, -0.15) is 5.10 Å². The van der Waals surface area contributed by atoms with Crippen LogP contribution in [-0.2, 0) is 11.3 Å². The first kappa shape index (κ1) is 17.2. The maximum atomic E-state index is 12.0. The highest BCUT2D eigenvalue weighted by Crippen LogP contribution is 2.19. The lowest BCUT2D eigenvalue weighted by Gasteiger charge is -2.15. The fourth-order valence-electron chi connectivity index (χ4n) is 2.19. The highest BCUT2D eigenvalue weighted by Gasteiger charge is 2.13. The van der Waals surface area contributed by atoms with Crippen LogP contribution in [0.1, 0.15) is 51.4 Å². The Hall–Kier alpha value is -0.840. The molecule has 1 rings (SSSR count). The highest BCUT2D eigenvalue weighted by atomic mass is 79.9. The number of carbonyl (C=O) groups excluding carboxylic acids is 1. The summed E-state index contributed by atoms with van der Waals surface area (Å²) in [5, 5.41) is 7.39. The summed E-state index contributed by atoms with van der Waals surface area (Å²) in [5.41, 5.74) is 1.91. The van der Waals surface area contributed by atoms with E-state index in [0.29, 0.717) is 0 Å². The molecule has 114 valence electrons. The molecule has 0 aliphatic rings. The summed E-state index contributed by atoms with van der Waals surface area (Å²) in [6.07, 6.45) is 3.40. The van der Waals surface area contributed by atoms with Gasteiger partial charge in [-0.25, -0.2) is 0 Å². The van der Waals surface area contributed by atoms with E-state index in [1.807, 2.05) is 13.8 Å². The van der Waals surface area contributed by atoms with Crippen molar-refractivity contribution in [1.29, 1.82) is 0 Å². The van der Waals surface area contributed by atoms with Gasteiger partial charge in [0.15, 0.2) is 0 Å². The van der Waals surface area contributed by atoms with Crippen LogP contribution in [-0.4, -0.2) is 21.7 Å². The van der Waals surface area contributed by atoms with E-state index in [2.05, 4.69) is 47.1 Å². The van der Waals surface area contributed by atoms with E-state index in [9.17, 15) is 4.79 Å². The molecular formula is C15H26BrN3O. The van der Waals surface area contributed by atoms with Gasteiger partial charge in [0.1, 0.15) is 6.54 Å². The van der Waals surface area contributed by atoms with Crippen molar-refractivity contribution in [3.63, 3.8) is 0 Å².